The summed E-state index contributed by atoms with van der Waals surface area (Å²) in [7, 11) is 0. The van der Waals surface area contributed by atoms with E-state index in [4.69, 9.17) is 5.84 Å². The van der Waals surface area contributed by atoms with Crippen LogP contribution in [-0.4, -0.2) is 0 Å². The Labute approximate surface area is 80.1 Å². The Bertz CT molecular complexity index is 256. The van der Waals surface area contributed by atoms with Crippen LogP contribution in [0.15, 0.2) is 24.3 Å². The first-order valence-corrected chi connectivity index (χ1v) is 4.78. The van der Waals surface area contributed by atoms with Gasteiger partial charge in [-0.2, -0.15) is 0 Å². The summed E-state index contributed by atoms with van der Waals surface area (Å²) in [5, 5.41) is 0. The highest BCUT2D eigenvalue weighted by Crippen LogP contribution is 2.17. The standard InChI is InChI=1S/C11H18N2/c1-9(2)7-8-10-5-3-4-6-11(10)13-12/h3-6,9,13H,7-8,12H2,1-2H3. The zero-order valence-electron chi connectivity index (χ0n) is 8.38. The van der Waals surface area contributed by atoms with Gasteiger partial charge in [0.1, 0.15) is 0 Å². The minimum atomic E-state index is 0.742. The summed E-state index contributed by atoms with van der Waals surface area (Å²) in [5.41, 5.74) is 5.07. The number of hydrogen-bond donors (Lipinski definition) is 2. The molecule has 1 rings (SSSR count). The molecule has 3 N–H and O–H groups in total. The van der Waals surface area contributed by atoms with Crippen molar-refractivity contribution in [1.82, 2.24) is 0 Å². The molecule has 0 aliphatic heterocycles. The third-order valence-electron chi connectivity index (χ3n) is 2.16. The van der Waals surface area contributed by atoms with E-state index in [1.54, 1.807) is 0 Å². The Morgan fingerprint density at radius 1 is 1.31 bits per heavy atom. The van der Waals surface area contributed by atoms with Crippen molar-refractivity contribution >= 4 is 5.69 Å². The average Bonchev–Trinajstić information content (AvgIpc) is 2.15. The van der Waals surface area contributed by atoms with Gasteiger partial charge in [-0.15, -0.1) is 0 Å². The predicted octanol–water partition coefficient (Wildman–Crippen LogP) is 2.56. The number of nitrogen functional groups attached to an aromatic ring is 1. The van der Waals surface area contributed by atoms with Crippen LogP contribution in [0.1, 0.15) is 25.8 Å². The first-order chi connectivity index (χ1) is 6.24. The Kier molecular flexibility index (Phi) is 3.77. The molecular formula is C11H18N2. The molecule has 13 heavy (non-hydrogen) atoms. The van der Waals surface area contributed by atoms with E-state index in [9.17, 15) is 0 Å². The van der Waals surface area contributed by atoms with Gasteiger partial charge in [0, 0.05) is 0 Å². The van der Waals surface area contributed by atoms with Gasteiger partial charge >= 0.3 is 0 Å². The zero-order valence-corrected chi connectivity index (χ0v) is 8.38. The molecule has 2 nitrogen and oxygen atoms in total. The minimum absolute atomic E-state index is 0.742. The van der Waals surface area contributed by atoms with Crippen molar-refractivity contribution in [2.75, 3.05) is 5.43 Å². The van der Waals surface area contributed by atoms with E-state index < -0.39 is 0 Å². The van der Waals surface area contributed by atoms with Gasteiger partial charge in [-0.1, -0.05) is 32.0 Å². The van der Waals surface area contributed by atoms with E-state index in [0.717, 1.165) is 18.0 Å². The number of anilines is 1. The summed E-state index contributed by atoms with van der Waals surface area (Å²) in [6, 6.07) is 8.18. The van der Waals surface area contributed by atoms with Crippen LogP contribution in [0.2, 0.25) is 0 Å². The summed E-state index contributed by atoms with van der Waals surface area (Å²) >= 11 is 0. The van der Waals surface area contributed by atoms with Crippen LogP contribution in [-0.2, 0) is 6.42 Å². The van der Waals surface area contributed by atoms with Gasteiger partial charge in [-0.3, -0.25) is 5.84 Å². The van der Waals surface area contributed by atoms with Crippen LogP contribution >= 0.6 is 0 Å². The summed E-state index contributed by atoms with van der Waals surface area (Å²) in [6.07, 6.45) is 2.30. The third-order valence-corrected chi connectivity index (χ3v) is 2.16. The normalized spacial score (nSPS) is 10.5. The summed E-state index contributed by atoms with van der Waals surface area (Å²) < 4.78 is 0. The summed E-state index contributed by atoms with van der Waals surface area (Å²) in [6.45, 7) is 4.47. The number of rotatable bonds is 4. The van der Waals surface area contributed by atoms with Crippen molar-refractivity contribution in [3.63, 3.8) is 0 Å². The van der Waals surface area contributed by atoms with Gasteiger partial charge in [0.15, 0.2) is 0 Å². The van der Waals surface area contributed by atoms with Crippen molar-refractivity contribution in [1.29, 1.82) is 0 Å². The maximum absolute atomic E-state index is 5.41. The van der Waals surface area contributed by atoms with E-state index >= 15 is 0 Å². The molecule has 0 aliphatic rings. The molecule has 1 aromatic carbocycles. The Balaban J connectivity index is 2.64. The van der Waals surface area contributed by atoms with Crippen molar-refractivity contribution in [2.45, 2.75) is 26.7 Å². The van der Waals surface area contributed by atoms with Gasteiger partial charge in [-0.25, -0.2) is 0 Å². The number of benzene rings is 1. The highest BCUT2D eigenvalue weighted by molar-refractivity contribution is 5.49. The van der Waals surface area contributed by atoms with Crippen molar-refractivity contribution in [3.8, 4) is 0 Å². The lowest BCUT2D eigenvalue weighted by Crippen LogP contribution is -2.09. The molecule has 0 atom stereocenters. The molecule has 0 heterocycles. The molecule has 0 amide bonds. The molecule has 2 heteroatoms. The lowest BCUT2D eigenvalue weighted by Gasteiger charge is -2.09. The van der Waals surface area contributed by atoms with Crippen LogP contribution in [0.25, 0.3) is 0 Å². The maximum Gasteiger partial charge on any atom is 0.0517 e. The Morgan fingerprint density at radius 2 is 2.00 bits per heavy atom. The number of nitrogens with two attached hydrogens (primary N) is 1. The van der Waals surface area contributed by atoms with Crippen LogP contribution < -0.4 is 11.3 Å². The molecule has 0 saturated carbocycles. The fourth-order valence-corrected chi connectivity index (χ4v) is 1.32. The topological polar surface area (TPSA) is 38.0 Å². The van der Waals surface area contributed by atoms with Gasteiger partial charge < -0.3 is 5.43 Å². The molecule has 0 aromatic heterocycles. The van der Waals surface area contributed by atoms with E-state index in [1.165, 1.54) is 12.0 Å². The molecule has 0 fully saturated rings. The number of nitrogens with one attached hydrogen (secondary N) is 1. The Morgan fingerprint density at radius 3 is 2.62 bits per heavy atom. The van der Waals surface area contributed by atoms with Crippen LogP contribution in [0.5, 0.6) is 0 Å². The van der Waals surface area contributed by atoms with Crippen LogP contribution in [0.4, 0.5) is 5.69 Å². The SMILES string of the molecule is CC(C)CCc1ccccc1NN. The molecule has 0 aliphatic carbocycles. The molecule has 72 valence electrons. The molecule has 0 saturated heterocycles. The fourth-order valence-electron chi connectivity index (χ4n) is 1.32. The van der Waals surface area contributed by atoms with Gasteiger partial charge in [0.25, 0.3) is 0 Å². The summed E-state index contributed by atoms with van der Waals surface area (Å²) in [4.78, 5) is 0. The third kappa shape index (κ3) is 3.07. The van der Waals surface area contributed by atoms with Crippen LogP contribution in [0.3, 0.4) is 0 Å². The number of hydrazine groups is 1. The monoisotopic (exact) mass is 178 g/mol. The number of aryl methyl sites for hydroxylation is 1. The minimum Gasteiger partial charge on any atom is -0.324 e. The van der Waals surface area contributed by atoms with Crippen molar-refractivity contribution in [2.24, 2.45) is 11.8 Å². The average molecular weight is 178 g/mol. The zero-order chi connectivity index (χ0) is 9.68. The first-order valence-electron chi connectivity index (χ1n) is 4.78. The second-order valence-corrected chi connectivity index (χ2v) is 3.73. The molecule has 0 bridgehead atoms. The number of hydrogen-bond acceptors (Lipinski definition) is 2. The van der Waals surface area contributed by atoms with Crippen molar-refractivity contribution in [3.05, 3.63) is 29.8 Å². The van der Waals surface area contributed by atoms with Crippen molar-refractivity contribution < 1.29 is 0 Å². The molecule has 0 radical (unpaired) electrons. The summed E-state index contributed by atoms with van der Waals surface area (Å²) in [5.74, 6) is 6.15. The van der Waals surface area contributed by atoms with E-state index in [2.05, 4.69) is 31.4 Å². The molecule has 0 spiro atoms. The molecule has 0 unspecified atom stereocenters. The lowest BCUT2D eigenvalue weighted by atomic mass is 10.0. The second-order valence-electron chi connectivity index (χ2n) is 3.73. The van der Waals surface area contributed by atoms with Gasteiger partial charge in [0.05, 0.1) is 5.69 Å². The highest BCUT2D eigenvalue weighted by atomic mass is 15.2. The smallest absolute Gasteiger partial charge is 0.0517 e. The quantitative estimate of drug-likeness (QED) is 0.549. The largest absolute Gasteiger partial charge is 0.324 e. The van der Waals surface area contributed by atoms with Gasteiger partial charge in [-0.05, 0) is 30.4 Å². The van der Waals surface area contributed by atoms with E-state index in [1.807, 2.05) is 12.1 Å². The van der Waals surface area contributed by atoms with E-state index in [0.29, 0.717) is 0 Å². The predicted molar refractivity (Wildman–Crippen MR) is 57.4 cm³/mol. The maximum atomic E-state index is 5.41. The highest BCUT2D eigenvalue weighted by Gasteiger charge is 2.00. The fraction of sp³-hybridized carbons (Fsp3) is 0.455. The van der Waals surface area contributed by atoms with Gasteiger partial charge in [0.2, 0.25) is 0 Å². The van der Waals surface area contributed by atoms with E-state index in [-0.39, 0.29) is 0 Å². The first kappa shape index (κ1) is 10.1. The molecular weight excluding hydrogens is 160 g/mol. The second kappa shape index (κ2) is 4.87. The Hall–Kier alpha value is -1.02. The number of para-hydroxylation sites is 1. The lowest BCUT2D eigenvalue weighted by molar-refractivity contribution is 0.587. The van der Waals surface area contributed by atoms with Crippen LogP contribution in [0, 0.1) is 5.92 Å². The molecule has 1 aromatic rings.